The van der Waals surface area contributed by atoms with Gasteiger partial charge < -0.3 is 5.11 Å². The summed E-state index contributed by atoms with van der Waals surface area (Å²) < 4.78 is 18.5. The highest BCUT2D eigenvalue weighted by Crippen LogP contribution is 2.32. The van der Waals surface area contributed by atoms with Crippen molar-refractivity contribution in [2.75, 3.05) is 0 Å². The first-order valence-electron chi connectivity index (χ1n) is 5.02. The van der Waals surface area contributed by atoms with Crippen LogP contribution in [0.3, 0.4) is 0 Å². The molecule has 1 atom stereocenters. The standard InChI is InChI=1S/C11H11FN2OS2/c1-6(15)8-3-4-10(9(12)5-8)16-11-13-7(2)14-17-11/h3-6,15H,1-2H3/t6-/m1/s1. The number of nitrogens with zero attached hydrogens (tertiary/aromatic N) is 2. The lowest BCUT2D eigenvalue weighted by Crippen LogP contribution is -1.92. The highest BCUT2D eigenvalue weighted by Gasteiger charge is 2.10. The van der Waals surface area contributed by atoms with E-state index in [0.29, 0.717) is 20.6 Å². The maximum absolute atomic E-state index is 13.7. The molecule has 1 N–H and O–H groups in total. The van der Waals surface area contributed by atoms with Gasteiger partial charge in [0.05, 0.1) is 11.0 Å². The average Bonchev–Trinajstić information content (AvgIpc) is 2.67. The Hall–Kier alpha value is -0.980. The van der Waals surface area contributed by atoms with Gasteiger partial charge in [-0.1, -0.05) is 17.8 Å². The largest absolute Gasteiger partial charge is 0.389 e. The lowest BCUT2D eigenvalue weighted by molar-refractivity contribution is 0.198. The van der Waals surface area contributed by atoms with Crippen molar-refractivity contribution in [3.8, 4) is 0 Å². The summed E-state index contributed by atoms with van der Waals surface area (Å²) >= 11 is 2.49. The molecule has 0 bridgehead atoms. The van der Waals surface area contributed by atoms with Gasteiger partial charge in [-0.25, -0.2) is 9.37 Å². The zero-order valence-corrected chi connectivity index (χ0v) is 11.0. The van der Waals surface area contributed by atoms with Crippen LogP contribution in [0.2, 0.25) is 0 Å². The molecule has 1 aromatic heterocycles. The summed E-state index contributed by atoms with van der Waals surface area (Å²) in [6.45, 7) is 3.41. The van der Waals surface area contributed by atoms with Crippen LogP contribution < -0.4 is 0 Å². The van der Waals surface area contributed by atoms with Gasteiger partial charge >= 0.3 is 0 Å². The average molecular weight is 270 g/mol. The Labute approximate surface area is 107 Å². The molecule has 2 aromatic rings. The van der Waals surface area contributed by atoms with Crippen LogP contribution in [-0.4, -0.2) is 14.5 Å². The van der Waals surface area contributed by atoms with E-state index in [2.05, 4.69) is 9.36 Å². The Morgan fingerprint density at radius 2 is 2.24 bits per heavy atom. The van der Waals surface area contributed by atoms with E-state index in [1.165, 1.54) is 29.4 Å². The van der Waals surface area contributed by atoms with Crippen LogP contribution in [0, 0.1) is 12.7 Å². The normalized spacial score (nSPS) is 12.7. The molecule has 0 aliphatic rings. The smallest absolute Gasteiger partial charge is 0.174 e. The van der Waals surface area contributed by atoms with Gasteiger partial charge in [-0.05, 0) is 43.1 Å². The Morgan fingerprint density at radius 1 is 1.47 bits per heavy atom. The second kappa shape index (κ2) is 5.12. The Kier molecular flexibility index (Phi) is 3.76. The van der Waals surface area contributed by atoms with Gasteiger partial charge in [0.1, 0.15) is 11.6 Å². The van der Waals surface area contributed by atoms with Crippen molar-refractivity contribution in [3.05, 3.63) is 35.4 Å². The van der Waals surface area contributed by atoms with Crippen LogP contribution in [-0.2, 0) is 0 Å². The fourth-order valence-corrected chi connectivity index (χ4v) is 2.89. The Bertz CT molecular complexity index is 528. The Balaban J connectivity index is 2.22. The third kappa shape index (κ3) is 3.02. The van der Waals surface area contributed by atoms with E-state index in [1.807, 2.05) is 0 Å². The summed E-state index contributed by atoms with van der Waals surface area (Å²) in [6, 6.07) is 4.71. The van der Waals surface area contributed by atoms with E-state index in [9.17, 15) is 9.50 Å². The maximum atomic E-state index is 13.7. The minimum atomic E-state index is -0.660. The van der Waals surface area contributed by atoms with Crippen molar-refractivity contribution in [3.63, 3.8) is 0 Å². The molecule has 0 fully saturated rings. The van der Waals surface area contributed by atoms with Gasteiger partial charge in [0.25, 0.3) is 0 Å². The molecule has 0 aliphatic carbocycles. The molecule has 0 saturated heterocycles. The van der Waals surface area contributed by atoms with Crippen LogP contribution in [0.5, 0.6) is 0 Å². The topological polar surface area (TPSA) is 46.0 Å². The molecule has 0 aliphatic heterocycles. The minimum absolute atomic E-state index is 0.346. The van der Waals surface area contributed by atoms with Crippen molar-refractivity contribution in [2.45, 2.75) is 29.2 Å². The zero-order chi connectivity index (χ0) is 12.4. The highest BCUT2D eigenvalue weighted by atomic mass is 32.2. The molecule has 0 radical (unpaired) electrons. The molecule has 90 valence electrons. The molecule has 0 amide bonds. The molecule has 17 heavy (non-hydrogen) atoms. The SMILES string of the molecule is Cc1nsc(Sc2ccc([C@@H](C)O)cc2F)n1. The monoisotopic (exact) mass is 270 g/mol. The molecule has 1 heterocycles. The second-order valence-electron chi connectivity index (χ2n) is 3.58. The number of hydrogen-bond donors (Lipinski definition) is 1. The van der Waals surface area contributed by atoms with Gasteiger partial charge in [0.2, 0.25) is 0 Å². The summed E-state index contributed by atoms with van der Waals surface area (Å²) in [7, 11) is 0. The molecule has 3 nitrogen and oxygen atoms in total. The minimum Gasteiger partial charge on any atom is -0.389 e. The molecule has 1 aromatic carbocycles. The molecule has 0 unspecified atom stereocenters. The number of aliphatic hydroxyl groups is 1. The number of rotatable bonds is 3. The van der Waals surface area contributed by atoms with Gasteiger partial charge in [0, 0.05) is 0 Å². The maximum Gasteiger partial charge on any atom is 0.174 e. The first kappa shape index (κ1) is 12.5. The predicted molar refractivity (Wildman–Crippen MR) is 65.8 cm³/mol. The summed E-state index contributed by atoms with van der Waals surface area (Å²) in [5.41, 5.74) is 0.570. The van der Waals surface area contributed by atoms with Crippen molar-refractivity contribution in [2.24, 2.45) is 0 Å². The molecule has 0 saturated carbocycles. The van der Waals surface area contributed by atoms with E-state index in [4.69, 9.17) is 0 Å². The lowest BCUT2D eigenvalue weighted by Gasteiger charge is -2.06. The molecule has 0 spiro atoms. The van der Waals surface area contributed by atoms with Crippen LogP contribution in [0.1, 0.15) is 24.4 Å². The number of halogens is 1. The first-order valence-corrected chi connectivity index (χ1v) is 6.61. The van der Waals surface area contributed by atoms with Crippen molar-refractivity contribution in [1.82, 2.24) is 9.36 Å². The van der Waals surface area contributed by atoms with E-state index in [-0.39, 0.29) is 5.82 Å². The number of benzene rings is 1. The molecule has 6 heteroatoms. The molecule has 2 rings (SSSR count). The number of aryl methyl sites for hydroxylation is 1. The van der Waals surface area contributed by atoms with Crippen LogP contribution in [0.25, 0.3) is 0 Å². The molecular formula is C11H11FN2OS2. The van der Waals surface area contributed by atoms with Crippen molar-refractivity contribution in [1.29, 1.82) is 0 Å². The number of aliphatic hydroxyl groups excluding tert-OH is 1. The highest BCUT2D eigenvalue weighted by molar-refractivity contribution is 8.01. The van der Waals surface area contributed by atoms with Crippen LogP contribution in [0.15, 0.2) is 27.4 Å². The van der Waals surface area contributed by atoms with E-state index in [1.54, 1.807) is 26.0 Å². The van der Waals surface area contributed by atoms with E-state index in [0.717, 1.165) is 0 Å². The van der Waals surface area contributed by atoms with Crippen molar-refractivity contribution < 1.29 is 9.50 Å². The quantitative estimate of drug-likeness (QED) is 0.930. The molecular weight excluding hydrogens is 259 g/mol. The van der Waals surface area contributed by atoms with Crippen LogP contribution in [0.4, 0.5) is 4.39 Å². The number of aromatic nitrogens is 2. The summed E-state index contributed by atoms with van der Waals surface area (Å²) in [6.07, 6.45) is -0.660. The van der Waals surface area contributed by atoms with Gasteiger partial charge in [-0.3, -0.25) is 0 Å². The van der Waals surface area contributed by atoms with E-state index >= 15 is 0 Å². The number of hydrogen-bond acceptors (Lipinski definition) is 5. The second-order valence-corrected chi connectivity index (χ2v) is 5.62. The predicted octanol–water partition coefficient (Wildman–Crippen LogP) is 3.19. The fourth-order valence-electron chi connectivity index (χ4n) is 1.27. The van der Waals surface area contributed by atoms with E-state index < -0.39 is 6.10 Å². The fraction of sp³-hybridized carbons (Fsp3) is 0.273. The summed E-state index contributed by atoms with van der Waals surface area (Å²) in [5.74, 6) is 0.347. The zero-order valence-electron chi connectivity index (χ0n) is 9.35. The summed E-state index contributed by atoms with van der Waals surface area (Å²) in [4.78, 5) is 4.65. The summed E-state index contributed by atoms with van der Waals surface area (Å²) in [5, 5.41) is 9.34. The van der Waals surface area contributed by atoms with Gasteiger partial charge in [-0.15, -0.1) is 0 Å². The van der Waals surface area contributed by atoms with Gasteiger partial charge in [-0.2, -0.15) is 4.37 Å². The first-order chi connectivity index (χ1) is 8.06. The van der Waals surface area contributed by atoms with Crippen molar-refractivity contribution >= 4 is 23.3 Å². The van der Waals surface area contributed by atoms with Gasteiger partial charge in [0.15, 0.2) is 4.34 Å². The lowest BCUT2D eigenvalue weighted by atomic mass is 10.1. The third-order valence-corrected chi connectivity index (χ3v) is 4.04. The Morgan fingerprint density at radius 3 is 2.76 bits per heavy atom. The third-order valence-electron chi connectivity index (χ3n) is 2.14. The van der Waals surface area contributed by atoms with Crippen LogP contribution >= 0.6 is 23.3 Å².